The van der Waals surface area contributed by atoms with Gasteiger partial charge in [-0.2, -0.15) is 0 Å². The maximum Gasteiger partial charge on any atom is 0.136 e. The molecule has 0 aliphatic heterocycles. The highest BCUT2D eigenvalue weighted by atomic mass is 16.3. The molecule has 4 atom stereocenters. The minimum atomic E-state index is -0.153. The van der Waals surface area contributed by atoms with Crippen LogP contribution in [-0.4, -0.2) is 4.98 Å². The summed E-state index contributed by atoms with van der Waals surface area (Å²) in [5.74, 6) is 1.24. The lowest BCUT2D eigenvalue weighted by molar-refractivity contribution is 0.370. The van der Waals surface area contributed by atoms with Crippen molar-refractivity contribution in [3.63, 3.8) is 0 Å². The second-order valence-corrected chi connectivity index (χ2v) is 15.4. The van der Waals surface area contributed by atoms with E-state index in [0.29, 0.717) is 11.8 Å². The van der Waals surface area contributed by atoms with Crippen LogP contribution in [0.25, 0.3) is 55.0 Å². The van der Waals surface area contributed by atoms with Gasteiger partial charge in [-0.3, -0.25) is 4.98 Å². The molecular formula is C52H36N2O. The van der Waals surface area contributed by atoms with Gasteiger partial charge >= 0.3 is 0 Å². The van der Waals surface area contributed by atoms with Gasteiger partial charge in [0.2, 0.25) is 0 Å². The third-order valence-corrected chi connectivity index (χ3v) is 13.0. The van der Waals surface area contributed by atoms with Crippen molar-refractivity contribution >= 4 is 44.1 Å². The first-order chi connectivity index (χ1) is 27.3. The number of aromatic nitrogens is 1. The molecular weight excluding hydrogens is 669 g/mol. The van der Waals surface area contributed by atoms with E-state index >= 15 is 0 Å². The van der Waals surface area contributed by atoms with Crippen molar-refractivity contribution in [1.82, 2.24) is 4.98 Å². The van der Waals surface area contributed by atoms with Crippen LogP contribution in [0.4, 0.5) is 11.4 Å². The van der Waals surface area contributed by atoms with Crippen molar-refractivity contribution in [3.05, 3.63) is 211 Å². The Hall–Kier alpha value is -6.71. The number of allylic oxidation sites excluding steroid dienone is 7. The molecule has 3 nitrogen and oxygen atoms in total. The molecule has 55 heavy (non-hydrogen) atoms. The van der Waals surface area contributed by atoms with Gasteiger partial charge in [0.15, 0.2) is 0 Å². The highest BCUT2D eigenvalue weighted by molar-refractivity contribution is 6.20. The Morgan fingerprint density at radius 1 is 0.527 bits per heavy atom. The Balaban J connectivity index is 1.06. The maximum atomic E-state index is 6.33. The zero-order chi connectivity index (χ0) is 36.1. The van der Waals surface area contributed by atoms with E-state index in [-0.39, 0.29) is 17.3 Å². The zero-order valence-corrected chi connectivity index (χ0v) is 30.1. The number of nitrogens with zero attached hydrogens (tertiary/aromatic N) is 2. The molecule has 0 bridgehead atoms. The van der Waals surface area contributed by atoms with E-state index in [2.05, 4.69) is 175 Å². The van der Waals surface area contributed by atoms with E-state index in [1.54, 1.807) is 0 Å². The quantitative estimate of drug-likeness (QED) is 0.183. The van der Waals surface area contributed by atoms with Gasteiger partial charge < -0.3 is 9.32 Å². The number of anilines is 2. The van der Waals surface area contributed by atoms with Gasteiger partial charge in [0.1, 0.15) is 11.2 Å². The molecule has 0 N–H and O–H groups in total. The lowest BCUT2D eigenvalue weighted by Crippen LogP contribution is -2.37. The predicted molar refractivity (Wildman–Crippen MR) is 225 cm³/mol. The average molecular weight is 705 g/mol. The van der Waals surface area contributed by atoms with E-state index in [4.69, 9.17) is 9.40 Å². The fourth-order valence-corrected chi connectivity index (χ4v) is 10.8. The summed E-state index contributed by atoms with van der Waals surface area (Å²) in [7, 11) is 0. The van der Waals surface area contributed by atoms with Crippen LogP contribution in [0.2, 0.25) is 0 Å². The minimum absolute atomic E-state index is 0.153. The third kappa shape index (κ3) is 4.24. The van der Waals surface area contributed by atoms with Crippen LogP contribution in [0, 0.1) is 23.7 Å². The topological polar surface area (TPSA) is 29.3 Å². The summed E-state index contributed by atoms with van der Waals surface area (Å²) in [6.07, 6.45) is 21.1. The molecule has 6 aromatic carbocycles. The number of benzene rings is 6. The fourth-order valence-electron chi connectivity index (χ4n) is 10.8. The van der Waals surface area contributed by atoms with Crippen LogP contribution in [0.15, 0.2) is 205 Å². The monoisotopic (exact) mass is 704 g/mol. The van der Waals surface area contributed by atoms with Crippen LogP contribution in [0.1, 0.15) is 11.1 Å². The summed E-state index contributed by atoms with van der Waals surface area (Å²) >= 11 is 0. The summed E-state index contributed by atoms with van der Waals surface area (Å²) in [5.41, 5.74) is 13.0. The SMILES string of the molecule is C1=CC2C3C=C(N(c4ccc(-c5ccccc5)cc4)c4cncc5c4ccc4oc6ccccc6c45)C=CC3C3(c4ccccc4-c4ccccc43)C2C=C1. The molecule has 0 saturated heterocycles. The molecule has 1 saturated carbocycles. The van der Waals surface area contributed by atoms with Crippen molar-refractivity contribution < 1.29 is 4.42 Å². The zero-order valence-electron chi connectivity index (χ0n) is 30.1. The van der Waals surface area contributed by atoms with Crippen LogP contribution < -0.4 is 4.90 Å². The number of hydrogen-bond acceptors (Lipinski definition) is 3. The second kappa shape index (κ2) is 11.6. The first-order valence-corrected chi connectivity index (χ1v) is 19.4. The predicted octanol–water partition coefficient (Wildman–Crippen LogP) is 13.0. The van der Waals surface area contributed by atoms with Crippen molar-refractivity contribution in [1.29, 1.82) is 0 Å². The van der Waals surface area contributed by atoms with Crippen molar-refractivity contribution in [3.8, 4) is 22.3 Å². The van der Waals surface area contributed by atoms with Gasteiger partial charge in [-0.05, 0) is 93.5 Å². The number of fused-ring (bicyclic) bond motifs is 15. The van der Waals surface area contributed by atoms with Crippen molar-refractivity contribution in [2.75, 3.05) is 4.90 Å². The lowest BCUT2D eigenvalue weighted by Gasteiger charge is -2.39. The van der Waals surface area contributed by atoms with Crippen LogP contribution in [0.3, 0.4) is 0 Å². The molecule has 2 heterocycles. The largest absolute Gasteiger partial charge is 0.456 e. The second-order valence-electron chi connectivity index (χ2n) is 15.4. The van der Waals surface area contributed by atoms with Gasteiger partial charge in [0.25, 0.3) is 0 Å². The highest BCUT2D eigenvalue weighted by Gasteiger charge is 2.62. The Labute approximate surface area is 319 Å². The highest BCUT2D eigenvalue weighted by Crippen LogP contribution is 2.67. The number of rotatable bonds is 4. The Morgan fingerprint density at radius 2 is 1.22 bits per heavy atom. The van der Waals surface area contributed by atoms with Gasteiger partial charge in [-0.1, -0.05) is 146 Å². The lowest BCUT2D eigenvalue weighted by atomic mass is 9.63. The molecule has 260 valence electrons. The summed E-state index contributed by atoms with van der Waals surface area (Å²) in [5, 5.41) is 4.44. The Kier molecular flexibility index (Phi) is 6.50. The van der Waals surface area contributed by atoms with Crippen molar-refractivity contribution in [2.24, 2.45) is 23.7 Å². The fraction of sp³-hybridized carbons (Fsp3) is 0.0962. The van der Waals surface area contributed by atoms with E-state index in [1.165, 1.54) is 39.1 Å². The molecule has 12 rings (SSSR count). The molecule has 4 unspecified atom stereocenters. The first-order valence-electron chi connectivity index (χ1n) is 19.4. The van der Waals surface area contributed by atoms with E-state index in [9.17, 15) is 0 Å². The molecule has 4 aliphatic carbocycles. The molecule has 0 amide bonds. The molecule has 0 radical (unpaired) electrons. The van der Waals surface area contributed by atoms with E-state index in [0.717, 1.165) is 44.1 Å². The summed E-state index contributed by atoms with van der Waals surface area (Å²) in [6, 6.07) is 50.6. The Morgan fingerprint density at radius 3 is 2.04 bits per heavy atom. The molecule has 3 heteroatoms. The minimum Gasteiger partial charge on any atom is -0.456 e. The standard InChI is InChI=1S/C52H36N2O/c1-2-12-33(13-3-1)34-22-24-35(25-23-34)54(48-32-53-31-43-40(48)27-29-50-51(43)41-17-7-11-21-49(41)55-50)36-26-28-47-42(30-36)39-16-6-10-20-46(39)52(47)44-18-8-4-14-37(44)38-15-5-9-19-45(38)52/h1-32,39,42,46-47H. The number of para-hydroxylation sites is 1. The summed E-state index contributed by atoms with van der Waals surface area (Å²) in [6.45, 7) is 0. The first kappa shape index (κ1) is 30.7. The third-order valence-electron chi connectivity index (χ3n) is 13.0. The number of furan rings is 1. The molecule has 4 aliphatic rings. The van der Waals surface area contributed by atoms with Crippen LogP contribution in [0.5, 0.6) is 0 Å². The number of pyridine rings is 1. The normalized spacial score (nSPS) is 21.1. The smallest absolute Gasteiger partial charge is 0.136 e. The van der Waals surface area contributed by atoms with Crippen LogP contribution in [-0.2, 0) is 5.41 Å². The van der Waals surface area contributed by atoms with Gasteiger partial charge in [-0.15, -0.1) is 0 Å². The molecule has 1 fully saturated rings. The van der Waals surface area contributed by atoms with Crippen LogP contribution >= 0.6 is 0 Å². The molecule has 1 spiro atoms. The van der Waals surface area contributed by atoms with Crippen molar-refractivity contribution in [2.45, 2.75) is 5.41 Å². The van der Waals surface area contributed by atoms with Gasteiger partial charge in [-0.25, -0.2) is 0 Å². The van der Waals surface area contributed by atoms with E-state index < -0.39 is 0 Å². The van der Waals surface area contributed by atoms with Gasteiger partial charge in [0.05, 0.1) is 11.9 Å². The molecule has 2 aromatic heterocycles. The maximum absolute atomic E-state index is 6.33. The summed E-state index contributed by atoms with van der Waals surface area (Å²) in [4.78, 5) is 7.38. The molecule has 8 aromatic rings. The average Bonchev–Trinajstić information content (AvgIpc) is 3.89. The van der Waals surface area contributed by atoms with Gasteiger partial charge in [0, 0.05) is 44.5 Å². The number of hydrogen-bond donors (Lipinski definition) is 0. The Bertz CT molecular complexity index is 2920. The summed E-state index contributed by atoms with van der Waals surface area (Å²) < 4.78 is 6.33. The van der Waals surface area contributed by atoms with E-state index in [1.807, 2.05) is 24.5 Å².